The van der Waals surface area contributed by atoms with Crippen molar-refractivity contribution in [3.63, 3.8) is 0 Å². The summed E-state index contributed by atoms with van der Waals surface area (Å²) >= 11 is 8.41. The maximum atomic E-state index is 12.1. The molecule has 23 heavy (non-hydrogen) atoms. The largest absolute Gasteiger partial charge is 0.300 e. The highest BCUT2D eigenvalue weighted by Gasteiger charge is 2.26. The Balaban J connectivity index is 1.51. The van der Waals surface area contributed by atoms with Crippen LogP contribution in [0.3, 0.4) is 0 Å². The van der Waals surface area contributed by atoms with E-state index in [1.54, 1.807) is 24.3 Å². The van der Waals surface area contributed by atoms with Gasteiger partial charge < -0.3 is 5.32 Å². The van der Waals surface area contributed by atoms with Crippen molar-refractivity contribution < 1.29 is 9.59 Å². The van der Waals surface area contributed by atoms with Gasteiger partial charge in [-0.1, -0.05) is 41.1 Å². The van der Waals surface area contributed by atoms with Crippen LogP contribution in [0.25, 0.3) is 0 Å². The molecule has 0 radical (unpaired) electrons. The van der Waals surface area contributed by atoms with Crippen molar-refractivity contribution in [2.75, 3.05) is 11.1 Å². The smallest absolute Gasteiger partial charge is 0.229 e. The fourth-order valence-electron chi connectivity index (χ4n) is 2.04. The molecule has 3 rings (SSSR count). The summed E-state index contributed by atoms with van der Waals surface area (Å²) in [7, 11) is 0. The molecule has 1 amide bonds. The van der Waals surface area contributed by atoms with Gasteiger partial charge in [0.15, 0.2) is 10.1 Å². The molecule has 0 saturated heterocycles. The zero-order valence-electron chi connectivity index (χ0n) is 12.1. The van der Waals surface area contributed by atoms with Gasteiger partial charge in [-0.15, -0.1) is 10.2 Å². The summed E-state index contributed by atoms with van der Waals surface area (Å²) in [6.07, 6.45) is 3.01. The molecule has 0 bridgehead atoms. The summed E-state index contributed by atoms with van der Waals surface area (Å²) in [6.45, 7) is 0. The van der Waals surface area contributed by atoms with Crippen LogP contribution in [-0.4, -0.2) is 27.6 Å². The summed E-state index contributed by atoms with van der Waals surface area (Å²) in [5.41, 5.74) is 0.616. The first-order chi connectivity index (χ1) is 11.1. The molecule has 0 aliphatic heterocycles. The van der Waals surface area contributed by atoms with E-state index in [2.05, 4.69) is 15.5 Å². The number of ketones is 1. The molecule has 120 valence electrons. The number of Topliss-reactive ketones (excluding diaryl/α,β-unsaturated/α-hetero) is 1. The fourth-order valence-corrected chi connectivity index (χ4v) is 3.82. The summed E-state index contributed by atoms with van der Waals surface area (Å²) in [4.78, 5) is 23.9. The van der Waals surface area contributed by atoms with Crippen LogP contribution in [0.15, 0.2) is 28.6 Å². The predicted molar refractivity (Wildman–Crippen MR) is 92.4 cm³/mol. The number of amides is 1. The molecular formula is C15H14ClN3O2S2. The number of hydrogen-bond acceptors (Lipinski definition) is 6. The van der Waals surface area contributed by atoms with Gasteiger partial charge in [-0.3, -0.25) is 9.59 Å². The molecule has 0 atom stereocenters. The monoisotopic (exact) mass is 367 g/mol. The van der Waals surface area contributed by atoms with Crippen molar-refractivity contribution in [1.82, 2.24) is 10.2 Å². The Morgan fingerprint density at radius 1 is 1.26 bits per heavy atom. The predicted octanol–water partition coefficient (Wildman–Crippen LogP) is 3.91. The number of hydrogen-bond donors (Lipinski definition) is 1. The second-order valence-corrected chi connectivity index (χ2v) is 7.85. The van der Waals surface area contributed by atoms with E-state index < -0.39 is 0 Å². The zero-order valence-corrected chi connectivity index (χ0v) is 14.5. The normalized spacial score (nSPS) is 14.3. The lowest BCUT2D eigenvalue weighted by Gasteiger charge is -2.23. The number of carbonyl (C=O) groups is 2. The lowest BCUT2D eigenvalue weighted by atomic mass is 9.85. The third-order valence-corrected chi connectivity index (χ3v) is 5.83. The molecule has 2 aromatic rings. The number of aromatic nitrogens is 2. The third kappa shape index (κ3) is 4.31. The minimum absolute atomic E-state index is 0.00178. The first-order valence-corrected chi connectivity index (χ1v) is 9.36. The van der Waals surface area contributed by atoms with Gasteiger partial charge in [0.25, 0.3) is 0 Å². The van der Waals surface area contributed by atoms with Crippen molar-refractivity contribution in [2.24, 2.45) is 5.92 Å². The molecule has 1 aromatic heterocycles. The van der Waals surface area contributed by atoms with Gasteiger partial charge in [0.1, 0.15) is 0 Å². The first-order valence-electron chi connectivity index (χ1n) is 7.18. The Labute approximate surface area is 146 Å². The molecule has 1 N–H and O–H groups in total. The van der Waals surface area contributed by atoms with Crippen LogP contribution in [-0.2, 0) is 4.79 Å². The lowest BCUT2D eigenvalue weighted by molar-refractivity contribution is -0.122. The highest BCUT2D eigenvalue weighted by Crippen LogP contribution is 2.30. The SMILES string of the molecule is O=C(CSc1nnc(NC(=O)C2CCC2)s1)c1ccc(Cl)cc1. The van der Waals surface area contributed by atoms with E-state index in [0.29, 0.717) is 20.1 Å². The third-order valence-electron chi connectivity index (χ3n) is 3.61. The van der Waals surface area contributed by atoms with Crippen LogP contribution < -0.4 is 5.32 Å². The molecule has 0 spiro atoms. The molecule has 1 aliphatic carbocycles. The van der Waals surface area contributed by atoms with Crippen LogP contribution >= 0.6 is 34.7 Å². The number of halogens is 1. The van der Waals surface area contributed by atoms with Gasteiger partial charge in [-0.25, -0.2) is 0 Å². The van der Waals surface area contributed by atoms with E-state index in [1.165, 1.54) is 23.1 Å². The zero-order chi connectivity index (χ0) is 16.2. The molecule has 0 unspecified atom stereocenters. The minimum atomic E-state index is 0.00178. The van der Waals surface area contributed by atoms with Gasteiger partial charge in [0.05, 0.1) is 5.75 Å². The average Bonchev–Trinajstić information content (AvgIpc) is 2.91. The van der Waals surface area contributed by atoms with E-state index in [0.717, 1.165) is 19.3 Å². The van der Waals surface area contributed by atoms with Crippen molar-refractivity contribution in [3.05, 3.63) is 34.9 Å². The van der Waals surface area contributed by atoms with Crippen LogP contribution in [0.2, 0.25) is 5.02 Å². The maximum absolute atomic E-state index is 12.1. The van der Waals surface area contributed by atoms with Crippen LogP contribution in [0.1, 0.15) is 29.6 Å². The van der Waals surface area contributed by atoms with Gasteiger partial charge in [0, 0.05) is 16.5 Å². The maximum Gasteiger partial charge on any atom is 0.229 e. The molecule has 8 heteroatoms. The summed E-state index contributed by atoms with van der Waals surface area (Å²) in [5, 5.41) is 11.8. The van der Waals surface area contributed by atoms with Gasteiger partial charge in [-0.2, -0.15) is 0 Å². The Hall–Kier alpha value is -1.44. The van der Waals surface area contributed by atoms with Crippen molar-refractivity contribution in [2.45, 2.75) is 23.6 Å². The van der Waals surface area contributed by atoms with Gasteiger partial charge in [-0.05, 0) is 37.1 Å². The van der Waals surface area contributed by atoms with Crippen LogP contribution in [0.4, 0.5) is 5.13 Å². The first kappa shape index (κ1) is 16.4. The highest BCUT2D eigenvalue weighted by atomic mass is 35.5. The lowest BCUT2D eigenvalue weighted by Crippen LogP contribution is -2.27. The number of rotatable bonds is 6. The summed E-state index contributed by atoms with van der Waals surface area (Å²) in [5.74, 6) is 0.400. The molecule has 1 aromatic carbocycles. The molecule has 5 nitrogen and oxygen atoms in total. The quantitative estimate of drug-likeness (QED) is 0.476. The van der Waals surface area contributed by atoms with Crippen LogP contribution in [0.5, 0.6) is 0 Å². The topological polar surface area (TPSA) is 72.0 Å². The number of thioether (sulfide) groups is 1. The molecular weight excluding hydrogens is 354 g/mol. The van der Waals surface area contributed by atoms with Crippen molar-refractivity contribution in [3.8, 4) is 0 Å². The van der Waals surface area contributed by atoms with E-state index >= 15 is 0 Å². The molecule has 1 fully saturated rings. The Kier molecular flexibility index (Phi) is 5.30. The molecule has 1 heterocycles. The summed E-state index contributed by atoms with van der Waals surface area (Å²) < 4.78 is 0.663. The average molecular weight is 368 g/mol. The number of nitrogens with zero attached hydrogens (tertiary/aromatic N) is 2. The standard InChI is InChI=1S/C15H14ClN3O2S2/c16-11-6-4-9(5-7-11)12(20)8-22-15-19-18-14(23-15)17-13(21)10-2-1-3-10/h4-7,10H,1-3,8H2,(H,17,18,21). The Morgan fingerprint density at radius 3 is 2.65 bits per heavy atom. The van der Waals surface area contributed by atoms with E-state index in [-0.39, 0.29) is 23.4 Å². The van der Waals surface area contributed by atoms with E-state index in [9.17, 15) is 9.59 Å². The second-order valence-electron chi connectivity index (χ2n) is 5.21. The molecule has 1 saturated carbocycles. The number of carbonyl (C=O) groups excluding carboxylic acids is 2. The van der Waals surface area contributed by atoms with E-state index in [4.69, 9.17) is 11.6 Å². The molecule has 1 aliphatic rings. The fraction of sp³-hybridized carbons (Fsp3) is 0.333. The minimum Gasteiger partial charge on any atom is -0.300 e. The second kappa shape index (κ2) is 7.42. The Bertz CT molecular complexity index is 714. The van der Waals surface area contributed by atoms with Crippen LogP contribution in [0, 0.1) is 5.92 Å². The number of nitrogens with one attached hydrogen (secondary N) is 1. The Morgan fingerprint density at radius 2 is 2.00 bits per heavy atom. The number of benzene rings is 1. The van der Waals surface area contributed by atoms with Gasteiger partial charge >= 0.3 is 0 Å². The van der Waals surface area contributed by atoms with Crippen molar-refractivity contribution >= 4 is 51.5 Å². The number of anilines is 1. The van der Waals surface area contributed by atoms with Gasteiger partial charge in [0.2, 0.25) is 11.0 Å². The highest BCUT2D eigenvalue weighted by molar-refractivity contribution is 8.01. The van der Waals surface area contributed by atoms with Crippen molar-refractivity contribution in [1.29, 1.82) is 0 Å². The van der Waals surface area contributed by atoms with E-state index in [1.807, 2.05) is 0 Å². The summed E-state index contributed by atoms with van der Waals surface area (Å²) in [6, 6.07) is 6.79.